The largest absolute Gasteiger partial charge is 0.394 e. The highest BCUT2D eigenvalue weighted by Crippen LogP contribution is 2.31. The third-order valence-electron chi connectivity index (χ3n) is 6.35. The number of likely N-dealkylation sites (tertiary alicyclic amines) is 1. The molecule has 32 heavy (non-hydrogen) atoms. The average molecular weight is 460 g/mol. The molecule has 4 atom stereocenters. The lowest BCUT2D eigenvalue weighted by molar-refractivity contribution is -0.144. The first-order valence-electron chi connectivity index (χ1n) is 10.9. The van der Waals surface area contributed by atoms with Gasteiger partial charge in [0, 0.05) is 18.9 Å². The van der Waals surface area contributed by atoms with Crippen LogP contribution in [0.25, 0.3) is 10.4 Å². The van der Waals surface area contributed by atoms with E-state index < -0.39 is 18.2 Å². The number of aromatic nitrogens is 1. The summed E-state index contributed by atoms with van der Waals surface area (Å²) in [5, 5.41) is 23.0. The van der Waals surface area contributed by atoms with E-state index in [0.29, 0.717) is 0 Å². The molecule has 2 heterocycles. The van der Waals surface area contributed by atoms with E-state index in [9.17, 15) is 19.8 Å². The molecule has 1 aliphatic rings. The van der Waals surface area contributed by atoms with Crippen LogP contribution in [0.2, 0.25) is 0 Å². The minimum Gasteiger partial charge on any atom is -0.394 e. The second kappa shape index (κ2) is 9.68. The Morgan fingerprint density at radius 2 is 1.94 bits per heavy atom. The molecule has 0 aliphatic carbocycles. The van der Waals surface area contributed by atoms with E-state index in [1.807, 2.05) is 58.9 Å². The molecule has 2 aromatic rings. The first-order valence-corrected chi connectivity index (χ1v) is 11.8. The summed E-state index contributed by atoms with van der Waals surface area (Å²) in [4.78, 5) is 33.0. The van der Waals surface area contributed by atoms with E-state index in [0.717, 1.165) is 21.7 Å². The van der Waals surface area contributed by atoms with Gasteiger partial charge in [-0.1, -0.05) is 52.0 Å². The lowest BCUT2D eigenvalue weighted by atomic mass is 9.81. The highest BCUT2D eigenvalue weighted by molar-refractivity contribution is 7.13. The third-order valence-corrected chi connectivity index (χ3v) is 7.33. The van der Waals surface area contributed by atoms with Crippen molar-refractivity contribution in [1.82, 2.24) is 15.2 Å². The van der Waals surface area contributed by atoms with Gasteiger partial charge in [-0.3, -0.25) is 9.59 Å². The molecule has 1 saturated heterocycles. The number of hydrogen-bond acceptors (Lipinski definition) is 6. The number of β-amino-alcohol motifs (C(OH)–C–C–N with tert-alkyl or cyclic N) is 1. The maximum Gasteiger partial charge on any atom is 0.243 e. The van der Waals surface area contributed by atoms with Gasteiger partial charge >= 0.3 is 0 Å². The van der Waals surface area contributed by atoms with E-state index in [4.69, 9.17) is 0 Å². The van der Waals surface area contributed by atoms with E-state index in [1.165, 1.54) is 4.90 Å². The van der Waals surface area contributed by atoms with Crippen LogP contribution in [0.4, 0.5) is 0 Å². The number of aliphatic hydroxyl groups is 2. The third kappa shape index (κ3) is 5.19. The second-order valence-electron chi connectivity index (χ2n) is 9.62. The van der Waals surface area contributed by atoms with Gasteiger partial charge in [0.1, 0.15) is 6.04 Å². The second-order valence-corrected chi connectivity index (χ2v) is 10.5. The number of carbonyl (C=O) groups excluding carboxylic acids is 2. The Hall–Kier alpha value is -2.29. The predicted octanol–water partition coefficient (Wildman–Crippen LogP) is 2.91. The van der Waals surface area contributed by atoms with Crippen LogP contribution >= 0.6 is 11.3 Å². The van der Waals surface area contributed by atoms with Crippen LogP contribution in [-0.2, 0) is 9.59 Å². The Bertz CT molecular complexity index is 951. The van der Waals surface area contributed by atoms with E-state index in [2.05, 4.69) is 10.3 Å². The number of nitrogens with one attached hydrogen (secondary N) is 1. The van der Waals surface area contributed by atoms with Gasteiger partial charge in [0.15, 0.2) is 0 Å². The van der Waals surface area contributed by atoms with Gasteiger partial charge in [0.25, 0.3) is 0 Å². The SMILES string of the molecule is Cc1ncsc1-c1ccc([C@H](CO)NC(=O)[C@@H]2C[C@@H](O)CN2C(=O)[C@@H](C)C(C)(C)C)cc1. The van der Waals surface area contributed by atoms with E-state index >= 15 is 0 Å². The molecule has 1 aliphatic heterocycles. The fraction of sp³-hybridized carbons (Fsp3) is 0.542. The molecule has 3 N–H and O–H groups in total. The molecule has 3 rings (SSSR count). The average Bonchev–Trinajstić information content (AvgIpc) is 3.35. The molecule has 174 valence electrons. The summed E-state index contributed by atoms with van der Waals surface area (Å²) in [7, 11) is 0. The van der Waals surface area contributed by atoms with Crippen molar-refractivity contribution in [2.45, 2.75) is 59.2 Å². The van der Waals surface area contributed by atoms with Crippen LogP contribution in [0.5, 0.6) is 0 Å². The Balaban J connectivity index is 1.73. The minimum absolute atomic E-state index is 0.140. The zero-order chi connectivity index (χ0) is 23.6. The molecule has 7 nitrogen and oxygen atoms in total. The van der Waals surface area contributed by atoms with Crippen molar-refractivity contribution in [2.24, 2.45) is 11.3 Å². The van der Waals surface area contributed by atoms with Crippen LogP contribution in [0.15, 0.2) is 29.8 Å². The van der Waals surface area contributed by atoms with Gasteiger partial charge in [0.2, 0.25) is 11.8 Å². The number of benzene rings is 1. The molecule has 2 amide bonds. The molecule has 0 bridgehead atoms. The summed E-state index contributed by atoms with van der Waals surface area (Å²) in [5.41, 5.74) is 4.31. The Labute approximate surface area is 193 Å². The van der Waals surface area contributed by atoms with Crippen LogP contribution in [0.1, 0.15) is 51.4 Å². The van der Waals surface area contributed by atoms with Crippen LogP contribution < -0.4 is 5.32 Å². The Kier molecular flexibility index (Phi) is 7.37. The summed E-state index contributed by atoms with van der Waals surface area (Å²) in [5.74, 6) is -0.795. The van der Waals surface area contributed by atoms with Gasteiger partial charge in [-0.05, 0) is 23.5 Å². The van der Waals surface area contributed by atoms with Gasteiger partial charge in [-0.2, -0.15) is 0 Å². The van der Waals surface area contributed by atoms with Gasteiger partial charge in [-0.15, -0.1) is 11.3 Å². The fourth-order valence-electron chi connectivity index (χ4n) is 3.87. The van der Waals surface area contributed by atoms with Gasteiger partial charge in [-0.25, -0.2) is 4.98 Å². The Morgan fingerprint density at radius 1 is 1.28 bits per heavy atom. The maximum absolute atomic E-state index is 13.1. The van der Waals surface area contributed by atoms with Crippen molar-refractivity contribution >= 4 is 23.2 Å². The summed E-state index contributed by atoms with van der Waals surface area (Å²) in [6.45, 7) is 9.63. The summed E-state index contributed by atoms with van der Waals surface area (Å²) >= 11 is 1.57. The lowest BCUT2D eigenvalue weighted by Gasteiger charge is -2.33. The summed E-state index contributed by atoms with van der Waals surface area (Å²) in [6.07, 6.45) is -0.549. The maximum atomic E-state index is 13.1. The van der Waals surface area contributed by atoms with E-state index in [-0.39, 0.29) is 42.7 Å². The van der Waals surface area contributed by atoms with Gasteiger partial charge in [0.05, 0.1) is 34.8 Å². The molecule has 8 heteroatoms. The van der Waals surface area contributed by atoms with Crippen LogP contribution in [-0.4, -0.2) is 57.2 Å². The zero-order valence-electron chi connectivity index (χ0n) is 19.3. The number of aryl methyl sites for hydroxylation is 1. The van der Waals surface area contributed by atoms with Crippen LogP contribution in [0.3, 0.4) is 0 Å². The van der Waals surface area contributed by atoms with Gasteiger partial charge < -0.3 is 20.4 Å². The lowest BCUT2D eigenvalue weighted by Crippen LogP contribution is -2.50. The quantitative estimate of drug-likeness (QED) is 0.616. The highest BCUT2D eigenvalue weighted by atomic mass is 32.1. The number of nitrogens with zero attached hydrogens (tertiary/aromatic N) is 2. The van der Waals surface area contributed by atoms with Crippen LogP contribution in [0, 0.1) is 18.3 Å². The molecule has 1 aromatic heterocycles. The number of amides is 2. The monoisotopic (exact) mass is 459 g/mol. The summed E-state index contributed by atoms with van der Waals surface area (Å²) in [6, 6.07) is 6.30. The normalized spacial score (nSPS) is 20.8. The number of rotatable bonds is 6. The zero-order valence-corrected chi connectivity index (χ0v) is 20.1. The van der Waals surface area contributed by atoms with Crippen molar-refractivity contribution in [3.05, 3.63) is 41.0 Å². The standard InChI is InChI=1S/C24H33N3O4S/c1-14(24(3,4)5)23(31)27-11-18(29)10-20(27)22(30)26-19(12-28)16-6-8-17(9-7-16)21-15(2)25-13-32-21/h6-9,13-14,18-20,28-29H,10-12H2,1-5H3,(H,26,30)/t14-,18-,19+,20+/m1/s1. The molecule has 0 saturated carbocycles. The molecule has 1 aromatic carbocycles. The fourth-order valence-corrected chi connectivity index (χ4v) is 4.68. The smallest absolute Gasteiger partial charge is 0.243 e. The van der Waals surface area contributed by atoms with Crippen molar-refractivity contribution in [2.75, 3.05) is 13.2 Å². The highest BCUT2D eigenvalue weighted by Gasteiger charge is 2.42. The first-order chi connectivity index (χ1) is 15.0. The number of thiazole rings is 1. The topological polar surface area (TPSA) is 103 Å². The molecule has 0 unspecified atom stereocenters. The molecule has 0 spiro atoms. The molecular weight excluding hydrogens is 426 g/mol. The molecular formula is C24H33N3O4S. The predicted molar refractivity (Wildman–Crippen MR) is 125 cm³/mol. The molecule has 1 fully saturated rings. The Morgan fingerprint density at radius 3 is 2.47 bits per heavy atom. The van der Waals surface area contributed by atoms with E-state index in [1.54, 1.807) is 16.8 Å². The van der Waals surface area contributed by atoms with Crippen molar-refractivity contribution in [1.29, 1.82) is 0 Å². The molecule has 0 radical (unpaired) electrons. The van der Waals surface area contributed by atoms with Crippen molar-refractivity contribution < 1.29 is 19.8 Å². The number of hydrogen-bond donors (Lipinski definition) is 3. The van der Waals surface area contributed by atoms with Crippen molar-refractivity contribution in [3.63, 3.8) is 0 Å². The van der Waals surface area contributed by atoms with Crippen molar-refractivity contribution in [3.8, 4) is 10.4 Å². The first kappa shape index (κ1) is 24.4. The summed E-state index contributed by atoms with van der Waals surface area (Å²) < 4.78 is 0. The number of carbonyl (C=O) groups is 2. The minimum atomic E-state index is -0.754. The number of aliphatic hydroxyl groups excluding tert-OH is 2.